The van der Waals surface area contributed by atoms with Gasteiger partial charge in [-0.25, -0.2) is 4.68 Å². The van der Waals surface area contributed by atoms with Crippen molar-refractivity contribution in [2.45, 2.75) is 25.9 Å². The van der Waals surface area contributed by atoms with Gasteiger partial charge in [-0.1, -0.05) is 23.7 Å². The highest BCUT2D eigenvalue weighted by molar-refractivity contribution is 6.30. The third-order valence-corrected chi connectivity index (χ3v) is 4.09. The zero-order valence-corrected chi connectivity index (χ0v) is 13.5. The minimum absolute atomic E-state index is 0.0436. The van der Waals surface area contributed by atoms with Gasteiger partial charge in [0.2, 0.25) is 11.8 Å². The quantitative estimate of drug-likeness (QED) is 0.932. The van der Waals surface area contributed by atoms with Crippen molar-refractivity contribution in [2.24, 2.45) is 0 Å². The number of aromatic nitrogens is 2. The summed E-state index contributed by atoms with van der Waals surface area (Å²) < 4.78 is 1.80. The SMILES string of the molecule is CC(=O)NC(CC(=O)N1CCn2nccc21)c1ccc(Cl)cc1. The molecule has 1 unspecified atom stereocenters. The Morgan fingerprint density at radius 1 is 1.26 bits per heavy atom. The van der Waals surface area contributed by atoms with E-state index in [1.807, 2.05) is 18.2 Å². The van der Waals surface area contributed by atoms with Crippen molar-refractivity contribution in [2.75, 3.05) is 11.4 Å². The van der Waals surface area contributed by atoms with Crippen LogP contribution in [0.4, 0.5) is 5.82 Å². The Bertz CT molecular complexity index is 726. The Balaban J connectivity index is 1.77. The average molecular weight is 333 g/mol. The van der Waals surface area contributed by atoms with E-state index in [1.54, 1.807) is 27.9 Å². The molecule has 1 aliphatic heterocycles. The number of fused-ring (bicyclic) bond motifs is 1. The van der Waals surface area contributed by atoms with Crippen LogP contribution in [-0.2, 0) is 16.1 Å². The van der Waals surface area contributed by atoms with Crippen molar-refractivity contribution in [1.29, 1.82) is 0 Å². The van der Waals surface area contributed by atoms with Gasteiger partial charge >= 0.3 is 0 Å². The average Bonchev–Trinajstić information content (AvgIpc) is 3.09. The molecule has 0 aliphatic carbocycles. The first-order valence-electron chi connectivity index (χ1n) is 7.39. The number of rotatable bonds is 4. The van der Waals surface area contributed by atoms with E-state index < -0.39 is 0 Å². The molecular weight excluding hydrogens is 316 g/mol. The van der Waals surface area contributed by atoms with Crippen LogP contribution in [0.2, 0.25) is 5.02 Å². The number of nitrogens with one attached hydrogen (secondary N) is 1. The van der Waals surface area contributed by atoms with E-state index in [-0.39, 0.29) is 24.3 Å². The second kappa shape index (κ2) is 6.42. The van der Waals surface area contributed by atoms with Crippen LogP contribution in [0.1, 0.15) is 24.9 Å². The number of nitrogens with zero attached hydrogens (tertiary/aromatic N) is 3. The fraction of sp³-hybridized carbons (Fsp3) is 0.312. The first-order chi connectivity index (χ1) is 11.0. The summed E-state index contributed by atoms with van der Waals surface area (Å²) in [6.45, 7) is 2.74. The zero-order chi connectivity index (χ0) is 16.4. The summed E-state index contributed by atoms with van der Waals surface area (Å²) in [6, 6.07) is 8.59. The van der Waals surface area contributed by atoms with Gasteiger partial charge in [0, 0.05) is 24.6 Å². The van der Waals surface area contributed by atoms with E-state index >= 15 is 0 Å². The lowest BCUT2D eigenvalue weighted by Crippen LogP contribution is -2.35. The van der Waals surface area contributed by atoms with Gasteiger partial charge in [-0.2, -0.15) is 5.10 Å². The smallest absolute Gasteiger partial charge is 0.230 e. The molecule has 3 rings (SSSR count). The monoisotopic (exact) mass is 332 g/mol. The molecule has 2 heterocycles. The minimum Gasteiger partial charge on any atom is -0.349 e. The predicted octanol–water partition coefficient (Wildman–Crippen LogP) is 2.15. The molecule has 1 aliphatic rings. The number of anilines is 1. The van der Waals surface area contributed by atoms with Crippen molar-refractivity contribution in [3.8, 4) is 0 Å². The van der Waals surface area contributed by atoms with E-state index in [0.717, 1.165) is 11.4 Å². The Labute approximate surface area is 139 Å². The van der Waals surface area contributed by atoms with Crippen molar-refractivity contribution in [3.05, 3.63) is 47.1 Å². The van der Waals surface area contributed by atoms with E-state index in [9.17, 15) is 9.59 Å². The molecule has 120 valence electrons. The zero-order valence-electron chi connectivity index (χ0n) is 12.7. The maximum atomic E-state index is 12.6. The highest BCUT2D eigenvalue weighted by atomic mass is 35.5. The Hall–Kier alpha value is -2.34. The van der Waals surface area contributed by atoms with Gasteiger partial charge in [-0.15, -0.1) is 0 Å². The van der Waals surface area contributed by atoms with Gasteiger partial charge in [0.05, 0.1) is 25.2 Å². The number of benzene rings is 1. The molecule has 0 radical (unpaired) electrons. The normalized spacial score (nSPS) is 14.4. The summed E-state index contributed by atoms with van der Waals surface area (Å²) >= 11 is 5.90. The van der Waals surface area contributed by atoms with Gasteiger partial charge < -0.3 is 5.32 Å². The van der Waals surface area contributed by atoms with Crippen LogP contribution in [0.25, 0.3) is 0 Å². The summed E-state index contributed by atoms with van der Waals surface area (Å²) in [4.78, 5) is 25.8. The Kier molecular flexibility index (Phi) is 4.34. The number of halogens is 1. The lowest BCUT2D eigenvalue weighted by Gasteiger charge is -2.21. The lowest BCUT2D eigenvalue weighted by atomic mass is 10.0. The maximum Gasteiger partial charge on any atom is 0.230 e. The highest BCUT2D eigenvalue weighted by Crippen LogP contribution is 2.25. The number of amides is 2. The van der Waals surface area contributed by atoms with Crippen LogP contribution >= 0.6 is 11.6 Å². The standard InChI is InChI=1S/C16H17ClN4O2/c1-11(22)19-14(12-2-4-13(17)5-3-12)10-16(23)20-8-9-21-15(20)6-7-18-21/h2-7,14H,8-10H2,1H3,(H,19,22). The number of carbonyl (C=O) groups excluding carboxylic acids is 2. The van der Waals surface area contributed by atoms with Crippen LogP contribution in [0.15, 0.2) is 36.5 Å². The molecule has 7 heteroatoms. The van der Waals surface area contributed by atoms with Crippen LogP contribution in [0.3, 0.4) is 0 Å². The van der Waals surface area contributed by atoms with E-state index in [2.05, 4.69) is 10.4 Å². The minimum atomic E-state index is -0.380. The fourth-order valence-corrected chi connectivity index (χ4v) is 2.89. The summed E-state index contributed by atoms with van der Waals surface area (Å²) in [6.07, 6.45) is 1.87. The molecular formula is C16H17ClN4O2. The first kappa shape index (κ1) is 15.6. The Morgan fingerprint density at radius 2 is 2.00 bits per heavy atom. The first-order valence-corrected chi connectivity index (χ1v) is 7.77. The van der Waals surface area contributed by atoms with Crippen LogP contribution in [0.5, 0.6) is 0 Å². The molecule has 6 nitrogen and oxygen atoms in total. The second-order valence-electron chi connectivity index (χ2n) is 5.47. The topological polar surface area (TPSA) is 67.2 Å². The molecule has 0 saturated carbocycles. The van der Waals surface area contributed by atoms with E-state index in [4.69, 9.17) is 11.6 Å². The molecule has 2 aromatic rings. The summed E-state index contributed by atoms with van der Waals surface area (Å²) in [5.74, 6) is 0.579. The van der Waals surface area contributed by atoms with E-state index in [1.165, 1.54) is 6.92 Å². The predicted molar refractivity (Wildman–Crippen MR) is 87.2 cm³/mol. The van der Waals surface area contributed by atoms with Crippen molar-refractivity contribution in [1.82, 2.24) is 15.1 Å². The summed E-state index contributed by atoms with van der Waals surface area (Å²) in [5, 5.41) is 7.61. The molecule has 0 fully saturated rings. The third-order valence-electron chi connectivity index (χ3n) is 3.84. The maximum absolute atomic E-state index is 12.6. The third kappa shape index (κ3) is 3.37. The van der Waals surface area contributed by atoms with Crippen molar-refractivity contribution < 1.29 is 9.59 Å². The molecule has 0 saturated heterocycles. The molecule has 2 amide bonds. The van der Waals surface area contributed by atoms with Crippen LogP contribution in [0, 0.1) is 0 Å². The summed E-state index contributed by atoms with van der Waals surface area (Å²) in [7, 11) is 0. The van der Waals surface area contributed by atoms with Gasteiger partial charge in [-0.05, 0) is 17.7 Å². The van der Waals surface area contributed by atoms with Crippen molar-refractivity contribution >= 4 is 29.2 Å². The molecule has 23 heavy (non-hydrogen) atoms. The van der Waals surface area contributed by atoms with E-state index in [0.29, 0.717) is 18.1 Å². The molecule has 1 aromatic heterocycles. The molecule has 0 spiro atoms. The highest BCUT2D eigenvalue weighted by Gasteiger charge is 2.27. The fourth-order valence-electron chi connectivity index (χ4n) is 2.77. The van der Waals surface area contributed by atoms with Gasteiger partial charge in [-0.3, -0.25) is 14.5 Å². The largest absolute Gasteiger partial charge is 0.349 e. The molecule has 1 aromatic carbocycles. The van der Waals surface area contributed by atoms with Gasteiger partial charge in [0.1, 0.15) is 5.82 Å². The number of hydrogen-bond acceptors (Lipinski definition) is 3. The molecule has 0 bridgehead atoms. The van der Waals surface area contributed by atoms with Gasteiger partial charge in [0.15, 0.2) is 0 Å². The lowest BCUT2D eigenvalue weighted by molar-refractivity contribution is -0.121. The number of hydrogen-bond donors (Lipinski definition) is 1. The number of carbonyl (C=O) groups is 2. The second-order valence-corrected chi connectivity index (χ2v) is 5.90. The van der Waals surface area contributed by atoms with Crippen LogP contribution < -0.4 is 10.2 Å². The van der Waals surface area contributed by atoms with Gasteiger partial charge in [0.25, 0.3) is 0 Å². The van der Waals surface area contributed by atoms with Crippen LogP contribution in [-0.4, -0.2) is 28.1 Å². The molecule has 1 atom stereocenters. The molecule has 1 N–H and O–H groups in total. The summed E-state index contributed by atoms with van der Waals surface area (Å²) in [5.41, 5.74) is 0.852. The Morgan fingerprint density at radius 3 is 2.70 bits per heavy atom. The van der Waals surface area contributed by atoms with Crippen molar-refractivity contribution in [3.63, 3.8) is 0 Å².